The molecule has 126 valence electrons. The van der Waals surface area contributed by atoms with Crippen molar-refractivity contribution < 1.29 is 14.4 Å². The zero-order valence-corrected chi connectivity index (χ0v) is 14.1. The number of carbonyl (C=O) groups is 3. The number of allylic oxidation sites excluding steroid dienone is 3. The van der Waals surface area contributed by atoms with Crippen LogP contribution < -0.4 is 10.6 Å². The first-order chi connectivity index (χ1) is 11.4. The number of ketones is 2. The molecule has 1 aromatic heterocycles. The number of nitrogens with one attached hydrogen (secondary N) is 2. The molecule has 0 saturated heterocycles. The molecule has 0 saturated carbocycles. The number of rotatable bonds is 5. The van der Waals surface area contributed by atoms with Gasteiger partial charge in [-0.15, -0.1) is 0 Å². The van der Waals surface area contributed by atoms with Gasteiger partial charge in [0.05, 0.1) is 0 Å². The SMILES string of the molecule is CC1=C(C)C(=O)C(CCNC(=O)NCc2cccnc2)=C(C)C1=O. The highest BCUT2D eigenvalue weighted by molar-refractivity contribution is 6.24. The number of nitrogens with zero attached hydrogens (tertiary/aromatic N) is 1. The molecule has 6 heteroatoms. The van der Waals surface area contributed by atoms with Crippen molar-refractivity contribution >= 4 is 17.6 Å². The quantitative estimate of drug-likeness (QED) is 0.811. The molecular formula is C18H21N3O3. The highest BCUT2D eigenvalue weighted by atomic mass is 16.2. The van der Waals surface area contributed by atoms with Gasteiger partial charge >= 0.3 is 6.03 Å². The summed E-state index contributed by atoms with van der Waals surface area (Å²) in [5.74, 6) is -0.203. The van der Waals surface area contributed by atoms with E-state index < -0.39 is 0 Å². The van der Waals surface area contributed by atoms with E-state index in [4.69, 9.17) is 0 Å². The third-order valence-corrected chi connectivity index (χ3v) is 4.15. The summed E-state index contributed by atoms with van der Waals surface area (Å²) in [5, 5.41) is 5.41. The summed E-state index contributed by atoms with van der Waals surface area (Å²) < 4.78 is 0. The van der Waals surface area contributed by atoms with Crippen LogP contribution in [0.15, 0.2) is 46.8 Å². The van der Waals surface area contributed by atoms with Crippen LogP contribution in [0.4, 0.5) is 4.79 Å². The minimum absolute atomic E-state index is 0.0943. The van der Waals surface area contributed by atoms with E-state index in [0.717, 1.165) is 5.56 Å². The molecule has 24 heavy (non-hydrogen) atoms. The number of hydrogen-bond donors (Lipinski definition) is 2. The number of carbonyl (C=O) groups excluding carboxylic acids is 3. The predicted octanol–water partition coefficient (Wildman–Crippen LogP) is 2.08. The second kappa shape index (κ2) is 7.68. The summed E-state index contributed by atoms with van der Waals surface area (Å²) in [6.07, 6.45) is 3.68. The Hall–Kier alpha value is -2.76. The van der Waals surface area contributed by atoms with E-state index in [1.807, 2.05) is 6.07 Å². The van der Waals surface area contributed by atoms with Gasteiger partial charge in [0.15, 0.2) is 11.6 Å². The molecule has 0 fully saturated rings. The maximum absolute atomic E-state index is 12.3. The highest BCUT2D eigenvalue weighted by Gasteiger charge is 2.27. The van der Waals surface area contributed by atoms with Gasteiger partial charge < -0.3 is 10.6 Å². The minimum Gasteiger partial charge on any atom is -0.338 e. The molecule has 0 bridgehead atoms. The van der Waals surface area contributed by atoms with Crippen LogP contribution in [0.3, 0.4) is 0 Å². The monoisotopic (exact) mass is 327 g/mol. The lowest BCUT2D eigenvalue weighted by Gasteiger charge is -2.18. The lowest BCUT2D eigenvalue weighted by molar-refractivity contribution is -0.116. The first-order valence-electron chi connectivity index (χ1n) is 7.79. The average Bonchev–Trinajstić information content (AvgIpc) is 2.60. The van der Waals surface area contributed by atoms with E-state index in [1.165, 1.54) is 0 Å². The number of aromatic nitrogens is 1. The Balaban J connectivity index is 1.84. The standard InChI is InChI=1S/C18H21N3O3/c1-11-12(2)17(23)15(13(3)16(11)22)6-8-20-18(24)21-10-14-5-4-7-19-9-14/h4-5,7,9H,6,8,10H2,1-3H3,(H2,20,21,24). The van der Waals surface area contributed by atoms with Gasteiger partial charge in [0.2, 0.25) is 0 Å². The van der Waals surface area contributed by atoms with Crippen molar-refractivity contribution in [2.75, 3.05) is 6.54 Å². The third-order valence-electron chi connectivity index (χ3n) is 4.15. The van der Waals surface area contributed by atoms with Crippen LogP contribution in [0.1, 0.15) is 32.8 Å². The van der Waals surface area contributed by atoms with Gasteiger partial charge in [0.25, 0.3) is 0 Å². The van der Waals surface area contributed by atoms with Crippen molar-refractivity contribution in [2.45, 2.75) is 33.7 Å². The third kappa shape index (κ3) is 3.95. The van der Waals surface area contributed by atoms with Gasteiger partial charge in [0, 0.05) is 47.8 Å². The molecule has 0 radical (unpaired) electrons. The van der Waals surface area contributed by atoms with Gasteiger partial charge in [-0.05, 0) is 38.8 Å². The molecule has 0 spiro atoms. The highest BCUT2D eigenvalue weighted by Crippen LogP contribution is 2.25. The number of amides is 2. The van der Waals surface area contributed by atoms with Crippen LogP contribution in [0.5, 0.6) is 0 Å². The van der Waals surface area contributed by atoms with Crippen molar-refractivity contribution in [3.8, 4) is 0 Å². The van der Waals surface area contributed by atoms with Crippen molar-refractivity contribution in [1.82, 2.24) is 15.6 Å². The van der Waals surface area contributed by atoms with Crippen molar-refractivity contribution in [3.63, 3.8) is 0 Å². The normalized spacial score (nSPS) is 15.0. The maximum Gasteiger partial charge on any atom is 0.315 e. The van der Waals surface area contributed by atoms with Crippen molar-refractivity contribution in [2.24, 2.45) is 0 Å². The first kappa shape index (κ1) is 17.6. The Kier molecular flexibility index (Phi) is 5.63. The van der Waals surface area contributed by atoms with Crippen LogP contribution in [0.2, 0.25) is 0 Å². The molecular weight excluding hydrogens is 306 g/mol. The Morgan fingerprint density at radius 1 is 1.04 bits per heavy atom. The molecule has 0 atom stereocenters. The Bertz CT molecular complexity index is 733. The summed E-state index contributed by atoms with van der Waals surface area (Å²) in [5.41, 5.74) is 2.84. The summed E-state index contributed by atoms with van der Waals surface area (Å²) in [6.45, 7) is 5.65. The largest absolute Gasteiger partial charge is 0.338 e. The first-order valence-corrected chi connectivity index (χ1v) is 7.79. The Labute approximate surface area is 141 Å². The fraction of sp³-hybridized carbons (Fsp3) is 0.333. The predicted molar refractivity (Wildman–Crippen MR) is 90.2 cm³/mol. The topological polar surface area (TPSA) is 88.2 Å². The number of Topliss-reactive ketones (excluding diaryl/α,β-unsaturated/α-hetero) is 2. The molecule has 0 aromatic carbocycles. The molecule has 1 aromatic rings. The molecule has 0 aliphatic heterocycles. The second-order valence-corrected chi connectivity index (χ2v) is 5.73. The van der Waals surface area contributed by atoms with Gasteiger partial charge in [-0.25, -0.2) is 4.79 Å². The van der Waals surface area contributed by atoms with Gasteiger partial charge in [-0.3, -0.25) is 14.6 Å². The van der Waals surface area contributed by atoms with Gasteiger partial charge in [0.1, 0.15) is 0 Å². The van der Waals surface area contributed by atoms with Gasteiger partial charge in [-0.1, -0.05) is 6.07 Å². The number of hydrogen-bond acceptors (Lipinski definition) is 4. The molecule has 1 aliphatic rings. The van der Waals surface area contributed by atoms with Crippen LogP contribution in [-0.2, 0) is 16.1 Å². The zero-order chi connectivity index (χ0) is 17.7. The Morgan fingerprint density at radius 3 is 2.42 bits per heavy atom. The van der Waals surface area contributed by atoms with Crippen LogP contribution in [0, 0.1) is 0 Å². The van der Waals surface area contributed by atoms with Crippen LogP contribution >= 0.6 is 0 Å². The lowest BCUT2D eigenvalue weighted by atomic mass is 9.84. The molecule has 2 N–H and O–H groups in total. The van der Waals surface area contributed by atoms with Crippen LogP contribution in [0.25, 0.3) is 0 Å². The van der Waals surface area contributed by atoms with E-state index >= 15 is 0 Å². The molecule has 2 amide bonds. The van der Waals surface area contributed by atoms with E-state index in [1.54, 1.807) is 39.2 Å². The van der Waals surface area contributed by atoms with Crippen LogP contribution in [-0.4, -0.2) is 29.1 Å². The minimum atomic E-state index is -0.324. The zero-order valence-electron chi connectivity index (χ0n) is 14.1. The van der Waals surface area contributed by atoms with E-state index in [0.29, 0.717) is 35.3 Å². The van der Waals surface area contributed by atoms with Crippen molar-refractivity contribution in [3.05, 3.63) is 52.4 Å². The summed E-state index contributed by atoms with van der Waals surface area (Å²) in [6, 6.07) is 3.34. The molecule has 6 nitrogen and oxygen atoms in total. The number of urea groups is 1. The molecule has 0 unspecified atom stereocenters. The van der Waals surface area contributed by atoms with E-state index in [-0.39, 0.29) is 24.1 Å². The maximum atomic E-state index is 12.3. The molecule has 2 rings (SSSR count). The second-order valence-electron chi connectivity index (χ2n) is 5.73. The molecule has 1 heterocycles. The summed E-state index contributed by atoms with van der Waals surface area (Å²) in [4.78, 5) is 40.1. The summed E-state index contributed by atoms with van der Waals surface area (Å²) >= 11 is 0. The van der Waals surface area contributed by atoms with Crippen molar-refractivity contribution in [1.29, 1.82) is 0 Å². The smallest absolute Gasteiger partial charge is 0.315 e. The molecule has 1 aliphatic carbocycles. The van der Waals surface area contributed by atoms with E-state index in [2.05, 4.69) is 15.6 Å². The Morgan fingerprint density at radius 2 is 1.75 bits per heavy atom. The summed E-state index contributed by atoms with van der Waals surface area (Å²) in [7, 11) is 0. The fourth-order valence-electron chi connectivity index (χ4n) is 2.51. The fourth-order valence-corrected chi connectivity index (χ4v) is 2.51. The van der Waals surface area contributed by atoms with E-state index in [9.17, 15) is 14.4 Å². The number of pyridine rings is 1. The average molecular weight is 327 g/mol. The lowest BCUT2D eigenvalue weighted by Crippen LogP contribution is -2.36. The van der Waals surface area contributed by atoms with Gasteiger partial charge in [-0.2, -0.15) is 0 Å².